The number of carbonyl (C=O) groups excluding carboxylic acids is 1. The molecule has 0 spiro atoms. The fourth-order valence-electron chi connectivity index (χ4n) is 2.74. The average molecular weight is 274 g/mol. The Labute approximate surface area is 122 Å². The van der Waals surface area contributed by atoms with Crippen LogP contribution in [0.5, 0.6) is 0 Å². The maximum atomic E-state index is 12.1. The van der Waals surface area contributed by atoms with E-state index in [1.54, 1.807) is 0 Å². The zero-order valence-electron chi connectivity index (χ0n) is 12.8. The molecule has 20 heavy (non-hydrogen) atoms. The van der Waals surface area contributed by atoms with Gasteiger partial charge in [-0.15, -0.1) is 0 Å². The van der Waals surface area contributed by atoms with E-state index in [2.05, 4.69) is 31.4 Å². The van der Waals surface area contributed by atoms with Gasteiger partial charge in [-0.2, -0.15) is 0 Å². The van der Waals surface area contributed by atoms with Crippen LogP contribution in [0.15, 0.2) is 24.3 Å². The van der Waals surface area contributed by atoms with Crippen molar-refractivity contribution in [1.29, 1.82) is 0 Å². The zero-order valence-corrected chi connectivity index (χ0v) is 12.8. The Morgan fingerprint density at radius 3 is 2.60 bits per heavy atom. The molecule has 110 valence electrons. The van der Waals surface area contributed by atoms with Gasteiger partial charge in [-0.3, -0.25) is 4.79 Å². The van der Waals surface area contributed by atoms with Crippen LogP contribution in [0.4, 0.5) is 0 Å². The lowest BCUT2D eigenvalue weighted by molar-refractivity contribution is 0.0946. The molecule has 2 atom stereocenters. The van der Waals surface area contributed by atoms with E-state index in [0.29, 0.717) is 18.0 Å². The molecule has 1 aliphatic heterocycles. The molecule has 0 bridgehead atoms. The first-order chi connectivity index (χ1) is 9.56. The number of hydrogen-bond donors (Lipinski definition) is 2. The van der Waals surface area contributed by atoms with E-state index >= 15 is 0 Å². The third-order valence-corrected chi connectivity index (χ3v) is 4.06. The van der Waals surface area contributed by atoms with Crippen molar-refractivity contribution in [2.45, 2.75) is 58.0 Å². The van der Waals surface area contributed by atoms with Crippen molar-refractivity contribution in [2.75, 3.05) is 6.54 Å². The number of benzene rings is 1. The molecule has 3 heteroatoms. The third kappa shape index (κ3) is 4.07. The van der Waals surface area contributed by atoms with Crippen LogP contribution in [0.3, 0.4) is 0 Å². The second-order valence-electron chi connectivity index (χ2n) is 6.18. The largest absolute Gasteiger partial charge is 0.350 e. The fraction of sp³-hybridized carbons (Fsp3) is 0.588. The highest BCUT2D eigenvalue weighted by atomic mass is 16.1. The van der Waals surface area contributed by atoms with E-state index in [4.69, 9.17) is 0 Å². The number of amides is 1. The Morgan fingerprint density at radius 2 is 2.00 bits per heavy atom. The normalized spacial score (nSPS) is 22.8. The van der Waals surface area contributed by atoms with Crippen LogP contribution in [0.25, 0.3) is 0 Å². The third-order valence-electron chi connectivity index (χ3n) is 4.06. The summed E-state index contributed by atoms with van der Waals surface area (Å²) in [7, 11) is 0. The molecule has 2 unspecified atom stereocenters. The van der Waals surface area contributed by atoms with E-state index in [1.807, 2.05) is 24.3 Å². The molecule has 1 saturated heterocycles. The van der Waals surface area contributed by atoms with Crippen LogP contribution in [0.1, 0.15) is 61.9 Å². The second kappa shape index (κ2) is 6.89. The first-order valence-electron chi connectivity index (χ1n) is 7.70. The summed E-state index contributed by atoms with van der Waals surface area (Å²) in [5.74, 6) is 0.528. The summed E-state index contributed by atoms with van der Waals surface area (Å²) in [6, 6.07) is 8.90. The van der Waals surface area contributed by atoms with Crippen LogP contribution in [-0.4, -0.2) is 24.5 Å². The number of hydrogen-bond acceptors (Lipinski definition) is 2. The highest BCUT2D eigenvalue weighted by Gasteiger charge is 2.18. The van der Waals surface area contributed by atoms with Crippen molar-refractivity contribution in [3.63, 3.8) is 0 Å². The van der Waals surface area contributed by atoms with Gasteiger partial charge < -0.3 is 10.6 Å². The van der Waals surface area contributed by atoms with Crippen molar-refractivity contribution in [2.24, 2.45) is 0 Å². The first kappa shape index (κ1) is 15.0. The minimum atomic E-state index is 0.0281. The summed E-state index contributed by atoms with van der Waals surface area (Å²) in [4.78, 5) is 12.1. The first-order valence-corrected chi connectivity index (χ1v) is 7.70. The quantitative estimate of drug-likeness (QED) is 0.886. The Bertz CT molecular complexity index is 439. The van der Waals surface area contributed by atoms with E-state index in [1.165, 1.54) is 18.4 Å². The van der Waals surface area contributed by atoms with Crippen molar-refractivity contribution in [3.05, 3.63) is 35.4 Å². The van der Waals surface area contributed by atoms with Gasteiger partial charge in [0.25, 0.3) is 5.91 Å². The summed E-state index contributed by atoms with van der Waals surface area (Å²) in [6.07, 6.45) is 3.63. The molecule has 1 heterocycles. The topological polar surface area (TPSA) is 41.1 Å². The Morgan fingerprint density at radius 1 is 1.30 bits per heavy atom. The van der Waals surface area contributed by atoms with E-state index in [-0.39, 0.29) is 5.91 Å². The zero-order chi connectivity index (χ0) is 14.5. The average Bonchev–Trinajstić information content (AvgIpc) is 2.45. The lowest BCUT2D eigenvalue weighted by Gasteiger charge is -2.28. The van der Waals surface area contributed by atoms with Gasteiger partial charge in [0.05, 0.1) is 0 Å². The molecular formula is C17H26N2O. The number of rotatable bonds is 4. The molecule has 0 radical (unpaired) electrons. The molecule has 1 aromatic rings. The van der Waals surface area contributed by atoms with Crippen LogP contribution < -0.4 is 10.6 Å². The van der Waals surface area contributed by atoms with Gasteiger partial charge >= 0.3 is 0 Å². The van der Waals surface area contributed by atoms with Crippen molar-refractivity contribution >= 4 is 5.91 Å². The molecule has 1 aliphatic rings. The highest BCUT2D eigenvalue weighted by Crippen LogP contribution is 2.15. The van der Waals surface area contributed by atoms with Gasteiger partial charge in [0.15, 0.2) is 0 Å². The summed E-state index contributed by atoms with van der Waals surface area (Å²) in [5.41, 5.74) is 2.02. The standard InChI is InChI=1S/C17H26N2O/c1-12(2)14-7-9-15(10-8-14)17(20)18-11-16-6-4-5-13(3)19-16/h7-10,12-13,16,19H,4-6,11H2,1-3H3,(H,18,20). The molecule has 2 rings (SSSR count). The van der Waals surface area contributed by atoms with Gasteiger partial charge in [-0.05, 0) is 43.4 Å². The number of nitrogens with one attached hydrogen (secondary N) is 2. The molecule has 0 aromatic heterocycles. The lowest BCUT2D eigenvalue weighted by Crippen LogP contribution is -2.47. The predicted octanol–water partition coefficient (Wildman–Crippen LogP) is 3.07. The molecular weight excluding hydrogens is 248 g/mol. The number of piperidine rings is 1. The van der Waals surface area contributed by atoms with Crippen molar-refractivity contribution in [1.82, 2.24) is 10.6 Å². The maximum Gasteiger partial charge on any atom is 0.251 e. The predicted molar refractivity (Wildman–Crippen MR) is 83.1 cm³/mol. The smallest absolute Gasteiger partial charge is 0.251 e. The van der Waals surface area contributed by atoms with E-state index in [9.17, 15) is 4.79 Å². The Hall–Kier alpha value is -1.35. The maximum absolute atomic E-state index is 12.1. The SMILES string of the molecule is CC1CCCC(CNC(=O)c2ccc(C(C)C)cc2)N1. The molecule has 1 aromatic carbocycles. The minimum absolute atomic E-state index is 0.0281. The molecule has 1 fully saturated rings. The highest BCUT2D eigenvalue weighted by molar-refractivity contribution is 5.94. The number of carbonyl (C=O) groups is 1. The van der Waals surface area contributed by atoms with Gasteiger partial charge in [-0.25, -0.2) is 0 Å². The van der Waals surface area contributed by atoms with Gasteiger partial charge in [0, 0.05) is 24.2 Å². The van der Waals surface area contributed by atoms with E-state index < -0.39 is 0 Å². The van der Waals surface area contributed by atoms with Crippen LogP contribution in [0, 0.1) is 0 Å². The summed E-state index contributed by atoms with van der Waals surface area (Å²) in [6.45, 7) is 7.24. The molecule has 0 aliphatic carbocycles. The second-order valence-corrected chi connectivity index (χ2v) is 6.18. The van der Waals surface area contributed by atoms with Gasteiger partial charge in [-0.1, -0.05) is 32.4 Å². The monoisotopic (exact) mass is 274 g/mol. The lowest BCUT2D eigenvalue weighted by atomic mass is 9.99. The van der Waals surface area contributed by atoms with E-state index in [0.717, 1.165) is 18.5 Å². The fourth-order valence-corrected chi connectivity index (χ4v) is 2.74. The summed E-state index contributed by atoms with van der Waals surface area (Å²) in [5, 5.41) is 6.57. The Balaban J connectivity index is 1.85. The molecule has 0 saturated carbocycles. The van der Waals surface area contributed by atoms with Gasteiger partial charge in [0.1, 0.15) is 0 Å². The van der Waals surface area contributed by atoms with Crippen LogP contribution in [-0.2, 0) is 0 Å². The van der Waals surface area contributed by atoms with Crippen molar-refractivity contribution < 1.29 is 4.79 Å². The van der Waals surface area contributed by atoms with Crippen molar-refractivity contribution in [3.8, 4) is 0 Å². The summed E-state index contributed by atoms with van der Waals surface area (Å²) < 4.78 is 0. The summed E-state index contributed by atoms with van der Waals surface area (Å²) >= 11 is 0. The molecule has 2 N–H and O–H groups in total. The minimum Gasteiger partial charge on any atom is -0.350 e. The van der Waals surface area contributed by atoms with Crippen LogP contribution >= 0.6 is 0 Å². The van der Waals surface area contributed by atoms with Crippen LogP contribution in [0.2, 0.25) is 0 Å². The van der Waals surface area contributed by atoms with Gasteiger partial charge in [0.2, 0.25) is 0 Å². The molecule has 1 amide bonds. The molecule has 3 nitrogen and oxygen atoms in total. The Kier molecular flexibility index (Phi) is 5.18.